The number of anilines is 1. The van der Waals surface area contributed by atoms with E-state index in [0.717, 1.165) is 48.2 Å². The molecular formula is C32H38N4O3S. The van der Waals surface area contributed by atoms with E-state index in [9.17, 15) is 8.42 Å². The fourth-order valence-electron chi connectivity index (χ4n) is 7.80. The summed E-state index contributed by atoms with van der Waals surface area (Å²) in [5, 5.41) is 0. The first-order valence-corrected chi connectivity index (χ1v) is 16.2. The molecule has 0 radical (unpaired) electrons. The Morgan fingerprint density at radius 2 is 1.75 bits per heavy atom. The highest BCUT2D eigenvalue weighted by Gasteiger charge is 2.48. The van der Waals surface area contributed by atoms with Crippen molar-refractivity contribution in [1.82, 2.24) is 14.9 Å². The number of fused-ring (bicyclic) bond motifs is 7. The quantitative estimate of drug-likeness (QED) is 0.402. The van der Waals surface area contributed by atoms with Gasteiger partial charge in [0.25, 0.3) is 10.0 Å². The highest BCUT2D eigenvalue weighted by Crippen LogP contribution is 2.55. The van der Waals surface area contributed by atoms with Crippen LogP contribution in [-0.4, -0.2) is 48.5 Å². The number of rotatable bonds is 2. The highest BCUT2D eigenvalue weighted by atomic mass is 32.2. The molecule has 0 amide bonds. The van der Waals surface area contributed by atoms with E-state index >= 15 is 0 Å². The largest absolute Gasteiger partial charge is 0.473 e. The molecule has 2 aromatic carbocycles. The minimum absolute atomic E-state index is 0.0327. The summed E-state index contributed by atoms with van der Waals surface area (Å²) in [6.45, 7) is 5.95. The van der Waals surface area contributed by atoms with Crippen LogP contribution in [0.3, 0.4) is 0 Å². The maximum absolute atomic E-state index is 13.5. The van der Waals surface area contributed by atoms with Crippen molar-refractivity contribution >= 4 is 16.0 Å². The van der Waals surface area contributed by atoms with E-state index in [0.29, 0.717) is 23.0 Å². The molecule has 2 atom stereocenters. The Kier molecular flexibility index (Phi) is 6.39. The molecule has 6 bridgehead atoms. The molecule has 1 saturated heterocycles. The van der Waals surface area contributed by atoms with E-state index in [4.69, 9.17) is 4.74 Å². The van der Waals surface area contributed by atoms with E-state index in [2.05, 4.69) is 25.7 Å². The normalized spacial score (nSPS) is 26.9. The third-order valence-electron chi connectivity index (χ3n) is 9.86. The fraction of sp³-hybridized carbons (Fsp3) is 0.500. The van der Waals surface area contributed by atoms with Gasteiger partial charge in [-0.3, -0.25) is 4.90 Å². The number of aryl methyl sites for hydroxylation is 2. The van der Waals surface area contributed by atoms with Crippen molar-refractivity contribution in [2.75, 3.05) is 17.8 Å². The zero-order valence-electron chi connectivity index (χ0n) is 23.4. The van der Waals surface area contributed by atoms with Gasteiger partial charge in [0.15, 0.2) is 0 Å². The summed E-state index contributed by atoms with van der Waals surface area (Å²) >= 11 is 0. The van der Waals surface area contributed by atoms with Gasteiger partial charge < -0.3 is 4.74 Å². The number of sulfonamides is 1. The average Bonchev–Trinajstić information content (AvgIpc) is 3.30. The third kappa shape index (κ3) is 4.79. The lowest BCUT2D eigenvalue weighted by Gasteiger charge is -2.50. The molecule has 2 aliphatic heterocycles. The lowest BCUT2D eigenvalue weighted by Crippen LogP contribution is -2.52. The number of hydrogen-bond donors (Lipinski definition) is 1. The van der Waals surface area contributed by atoms with Gasteiger partial charge >= 0.3 is 0 Å². The molecule has 3 heterocycles. The van der Waals surface area contributed by atoms with Crippen LogP contribution in [0.15, 0.2) is 53.4 Å². The topological polar surface area (TPSA) is 84.4 Å². The van der Waals surface area contributed by atoms with Crippen LogP contribution in [0.2, 0.25) is 0 Å². The third-order valence-corrected chi connectivity index (χ3v) is 11.2. The molecule has 8 heteroatoms. The van der Waals surface area contributed by atoms with E-state index in [1.165, 1.54) is 38.5 Å². The first kappa shape index (κ1) is 26.0. The molecule has 1 aromatic heterocycles. The molecule has 1 spiro atoms. The Morgan fingerprint density at radius 3 is 2.52 bits per heavy atom. The van der Waals surface area contributed by atoms with Crippen LogP contribution in [0, 0.1) is 19.3 Å². The average molecular weight is 559 g/mol. The number of hydrogen-bond acceptors (Lipinski definition) is 6. The summed E-state index contributed by atoms with van der Waals surface area (Å²) < 4.78 is 36.3. The maximum Gasteiger partial charge on any atom is 0.264 e. The smallest absolute Gasteiger partial charge is 0.264 e. The van der Waals surface area contributed by atoms with Gasteiger partial charge in [-0.1, -0.05) is 43.2 Å². The van der Waals surface area contributed by atoms with Crippen LogP contribution in [0.1, 0.15) is 74.0 Å². The lowest BCUT2D eigenvalue weighted by atomic mass is 9.64. The number of likely N-dealkylation sites (tertiary alicyclic amines) is 1. The van der Waals surface area contributed by atoms with Gasteiger partial charge in [-0.25, -0.2) is 18.1 Å². The van der Waals surface area contributed by atoms with Gasteiger partial charge in [0.1, 0.15) is 6.10 Å². The van der Waals surface area contributed by atoms with Gasteiger partial charge in [0.05, 0.1) is 10.6 Å². The molecule has 7 nitrogen and oxygen atoms in total. The summed E-state index contributed by atoms with van der Waals surface area (Å²) in [5.41, 5.74) is 5.41. The molecule has 2 aliphatic carbocycles. The van der Waals surface area contributed by atoms with Gasteiger partial charge in [-0.15, -0.1) is 0 Å². The summed E-state index contributed by atoms with van der Waals surface area (Å²) in [6.07, 6.45) is 9.90. The Bertz CT molecular complexity index is 1520. The predicted molar refractivity (Wildman–Crippen MR) is 156 cm³/mol. The van der Waals surface area contributed by atoms with Crippen molar-refractivity contribution in [3.8, 4) is 17.1 Å². The zero-order valence-corrected chi connectivity index (χ0v) is 24.2. The SMILES string of the molecule is Cc1cccc(C)c1-c1cc2nc(n1)NS(=O)(=O)c1cccc(c1)C1CCN(C3CC4(CCCC4)C3)C[C@H](C1)O2. The molecule has 7 rings (SSSR count). The van der Waals surface area contributed by atoms with Crippen LogP contribution in [0.5, 0.6) is 5.88 Å². The van der Waals surface area contributed by atoms with E-state index in [-0.39, 0.29) is 22.9 Å². The molecule has 4 aliphatic rings. The second-order valence-electron chi connectivity index (χ2n) is 12.6. The molecule has 1 N–H and O–H groups in total. The Labute approximate surface area is 237 Å². The fourth-order valence-corrected chi connectivity index (χ4v) is 8.80. The lowest BCUT2D eigenvalue weighted by molar-refractivity contribution is -0.00808. The highest BCUT2D eigenvalue weighted by molar-refractivity contribution is 7.92. The van der Waals surface area contributed by atoms with Crippen LogP contribution in [0.25, 0.3) is 11.3 Å². The van der Waals surface area contributed by atoms with E-state index in [1.54, 1.807) is 6.07 Å². The molecule has 40 heavy (non-hydrogen) atoms. The molecule has 210 valence electrons. The second-order valence-corrected chi connectivity index (χ2v) is 14.3. The van der Waals surface area contributed by atoms with Crippen molar-refractivity contribution in [1.29, 1.82) is 0 Å². The first-order valence-electron chi connectivity index (χ1n) is 14.8. The monoisotopic (exact) mass is 558 g/mol. The summed E-state index contributed by atoms with van der Waals surface area (Å²) in [5.74, 6) is 0.663. The summed E-state index contributed by atoms with van der Waals surface area (Å²) in [6, 6.07) is 16.0. The van der Waals surface area contributed by atoms with Gasteiger partial charge in [0.2, 0.25) is 11.8 Å². The first-order chi connectivity index (χ1) is 19.3. The van der Waals surface area contributed by atoms with Crippen LogP contribution in [-0.2, 0) is 10.0 Å². The van der Waals surface area contributed by atoms with Crippen molar-refractivity contribution in [2.24, 2.45) is 5.41 Å². The number of ether oxygens (including phenoxy) is 1. The molecule has 2 saturated carbocycles. The molecule has 3 aromatic rings. The standard InChI is InChI=1S/C32H38N4O3S/c1-21-7-5-8-22(2)30(21)28-17-29-34-31(33-28)35-40(37,38)27-10-6-9-23(16-27)24-11-14-36(20-26(15-24)39-29)25-18-32(19-25)12-3-4-13-32/h5-10,16-17,24-26H,3-4,11-15,18-20H2,1-2H3,(H,33,34,35)/t24?,26-/m0/s1. The van der Waals surface area contributed by atoms with E-state index in [1.807, 2.05) is 50.2 Å². The molecular weight excluding hydrogens is 520 g/mol. The number of nitrogens with one attached hydrogen (secondary N) is 1. The maximum atomic E-state index is 13.5. The van der Waals surface area contributed by atoms with Gasteiger partial charge in [-0.05, 0) is 99.1 Å². The summed E-state index contributed by atoms with van der Waals surface area (Å²) in [7, 11) is -3.88. The van der Waals surface area contributed by atoms with Crippen LogP contribution >= 0.6 is 0 Å². The van der Waals surface area contributed by atoms with Crippen molar-refractivity contribution in [3.63, 3.8) is 0 Å². The van der Waals surface area contributed by atoms with Crippen molar-refractivity contribution in [3.05, 3.63) is 65.2 Å². The minimum atomic E-state index is -3.88. The molecule has 3 fully saturated rings. The Balaban J connectivity index is 1.29. The Morgan fingerprint density at radius 1 is 1.00 bits per heavy atom. The van der Waals surface area contributed by atoms with Crippen LogP contribution < -0.4 is 9.46 Å². The van der Waals surface area contributed by atoms with Gasteiger partial charge in [0, 0.05) is 24.2 Å². The molecule has 1 unspecified atom stereocenters. The van der Waals surface area contributed by atoms with Crippen molar-refractivity contribution in [2.45, 2.75) is 88.2 Å². The number of benzene rings is 2. The zero-order chi connectivity index (χ0) is 27.5. The van der Waals surface area contributed by atoms with E-state index < -0.39 is 10.0 Å². The Hall–Kier alpha value is -2.97. The van der Waals surface area contributed by atoms with Gasteiger partial charge in [-0.2, -0.15) is 4.98 Å². The minimum Gasteiger partial charge on any atom is -0.473 e. The summed E-state index contributed by atoms with van der Waals surface area (Å²) in [4.78, 5) is 12.2. The second kappa shape index (κ2) is 9.84. The van der Waals surface area contributed by atoms with Crippen molar-refractivity contribution < 1.29 is 13.2 Å². The van der Waals surface area contributed by atoms with Crippen LogP contribution in [0.4, 0.5) is 5.95 Å². The predicted octanol–water partition coefficient (Wildman–Crippen LogP) is 6.22. The number of aromatic nitrogens is 2. The number of nitrogens with zero attached hydrogens (tertiary/aromatic N) is 3.